The molecule has 2 aromatic heterocycles. The molecule has 0 aliphatic carbocycles. The molecule has 0 radical (unpaired) electrons. The van der Waals surface area contributed by atoms with Crippen LogP contribution in [0.25, 0.3) is 110 Å². The zero-order chi connectivity index (χ0) is 55.8. The summed E-state index contributed by atoms with van der Waals surface area (Å²) in [6.07, 6.45) is 0. The highest BCUT2D eigenvalue weighted by molar-refractivity contribution is 6.14. The maximum absolute atomic E-state index is 5.72. The van der Waals surface area contributed by atoms with Crippen molar-refractivity contribution in [3.05, 3.63) is 328 Å². The molecule has 4 nitrogen and oxygen atoms in total. The number of anilines is 6. The highest BCUT2D eigenvalue weighted by Crippen LogP contribution is 2.44. The van der Waals surface area contributed by atoms with Gasteiger partial charge in [0.2, 0.25) is 0 Å². The summed E-state index contributed by atoms with van der Waals surface area (Å²) in [4.78, 5) is 16.0. The molecular formula is C80H54N4. The second kappa shape index (κ2) is 21.7. The Labute approximate surface area is 489 Å². The molecule has 394 valence electrons. The highest BCUT2D eigenvalue weighted by Gasteiger charge is 2.20. The van der Waals surface area contributed by atoms with Gasteiger partial charge in [-0.3, -0.25) is 0 Å². The lowest BCUT2D eigenvalue weighted by Crippen LogP contribution is -2.09. The van der Waals surface area contributed by atoms with Crippen molar-refractivity contribution in [2.45, 2.75) is 0 Å². The lowest BCUT2D eigenvalue weighted by atomic mass is 9.92. The first-order chi connectivity index (χ1) is 41.6. The van der Waals surface area contributed by atoms with E-state index >= 15 is 0 Å². The molecule has 84 heavy (non-hydrogen) atoms. The number of hydrogen-bond acceptors (Lipinski definition) is 4. The van der Waals surface area contributed by atoms with Crippen LogP contribution in [0.2, 0.25) is 0 Å². The maximum Gasteiger partial charge on any atom is 0.0978 e. The standard InChI is InChI=1S/C80H54N4/c1-5-23-63(24-6-1)83(64-25-7-2-8-26-64)67-47-43-59(44-48-67)75-53-77(61-39-35-57(36-40-61)71-33-17-21-55-19-13-15-31-69(55)71)81-79-73(75)51-52-74-76(60-45-49-68(50-46-60)84(65-27-9-3-10-28-65)66-29-11-4-12-30-66)54-78(82-80(74)79)62-41-37-58(38-42-62)72-34-18-22-56-20-14-16-32-70(56)72/h1-54H. The molecule has 2 heterocycles. The van der Waals surface area contributed by atoms with Crippen molar-refractivity contribution in [3.8, 4) is 67.0 Å². The average Bonchev–Trinajstić information content (AvgIpc) is 1.90. The molecule has 0 atom stereocenters. The minimum atomic E-state index is 0.837. The normalized spacial score (nSPS) is 11.3. The summed E-state index contributed by atoms with van der Waals surface area (Å²) in [6, 6.07) is 117. The zero-order valence-corrected chi connectivity index (χ0v) is 46.0. The summed E-state index contributed by atoms with van der Waals surface area (Å²) in [6.45, 7) is 0. The van der Waals surface area contributed by atoms with Crippen molar-refractivity contribution in [1.29, 1.82) is 0 Å². The molecule has 0 aliphatic rings. The zero-order valence-electron chi connectivity index (χ0n) is 46.0. The van der Waals surface area contributed by atoms with E-state index in [0.717, 1.165) is 112 Å². The van der Waals surface area contributed by atoms with Gasteiger partial charge in [-0.05, 0) is 151 Å². The van der Waals surface area contributed by atoms with Crippen molar-refractivity contribution in [3.63, 3.8) is 0 Å². The average molecular weight is 1070 g/mol. The van der Waals surface area contributed by atoms with Crippen LogP contribution in [0.5, 0.6) is 0 Å². The number of fused-ring (bicyclic) bond motifs is 5. The van der Waals surface area contributed by atoms with E-state index in [0.29, 0.717) is 0 Å². The molecule has 0 N–H and O–H groups in total. The fourth-order valence-electron chi connectivity index (χ4n) is 12.1. The number of benzene rings is 13. The number of hydrogen-bond donors (Lipinski definition) is 0. The fourth-order valence-corrected chi connectivity index (χ4v) is 12.1. The minimum absolute atomic E-state index is 0.837. The third-order valence-electron chi connectivity index (χ3n) is 16.3. The summed E-state index contributed by atoms with van der Waals surface area (Å²) < 4.78 is 0. The van der Waals surface area contributed by atoms with Crippen molar-refractivity contribution in [2.24, 2.45) is 0 Å². The molecule has 0 unspecified atom stereocenters. The van der Waals surface area contributed by atoms with Crippen LogP contribution in [0.1, 0.15) is 0 Å². The molecule has 0 aliphatic heterocycles. The molecule has 13 aromatic carbocycles. The number of rotatable bonds is 12. The van der Waals surface area contributed by atoms with E-state index in [1.165, 1.54) is 32.7 Å². The van der Waals surface area contributed by atoms with Gasteiger partial charge in [-0.1, -0.05) is 243 Å². The van der Waals surface area contributed by atoms with E-state index < -0.39 is 0 Å². The Kier molecular flexibility index (Phi) is 12.9. The summed E-state index contributed by atoms with van der Waals surface area (Å²) in [5, 5.41) is 6.94. The summed E-state index contributed by atoms with van der Waals surface area (Å²) in [7, 11) is 0. The van der Waals surface area contributed by atoms with E-state index in [9.17, 15) is 0 Å². The van der Waals surface area contributed by atoms with Crippen LogP contribution in [0.15, 0.2) is 328 Å². The third kappa shape index (κ3) is 9.38. The van der Waals surface area contributed by atoms with Crippen LogP contribution in [0.3, 0.4) is 0 Å². The molecule has 15 aromatic rings. The Bertz CT molecular complexity index is 4440. The molecule has 0 spiro atoms. The van der Waals surface area contributed by atoms with Gasteiger partial charge in [0.05, 0.1) is 22.4 Å². The lowest BCUT2D eigenvalue weighted by molar-refractivity contribution is 1.28. The smallest absolute Gasteiger partial charge is 0.0978 e. The van der Waals surface area contributed by atoms with Crippen LogP contribution >= 0.6 is 0 Å². The highest BCUT2D eigenvalue weighted by atomic mass is 15.1. The van der Waals surface area contributed by atoms with Gasteiger partial charge in [-0.2, -0.15) is 0 Å². The number of nitrogens with zero attached hydrogens (tertiary/aromatic N) is 4. The van der Waals surface area contributed by atoms with Gasteiger partial charge < -0.3 is 9.80 Å². The topological polar surface area (TPSA) is 32.3 Å². The van der Waals surface area contributed by atoms with Crippen molar-refractivity contribution >= 4 is 77.5 Å². The first-order valence-electron chi connectivity index (χ1n) is 28.6. The van der Waals surface area contributed by atoms with Crippen LogP contribution in [0.4, 0.5) is 34.1 Å². The van der Waals surface area contributed by atoms with E-state index in [-0.39, 0.29) is 0 Å². The van der Waals surface area contributed by atoms with E-state index in [1.54, 1.807) is 0 Å². The molecule has 0 saturated carbocycles. The second-order valence-corrected chi connectivity index (χ2v) is 21.3. The minimum Gasteiger partial charge on any atom is -0.311 e. The van der Waals surface area contributed by atoms with E-state index in [1.807, 2.05) is 0 Å². The van der Waals surface area contributed by atoms with Crippen LogP contribution < -0.4 is 9.80 Å². The van der Waals surface area contributed by atoms with Gasteiger partial charge in [0.15, 0.2) is 0 Å². The van der Waals surface area contributed by atoms with Gasteiger partial charge >= 0.3 is 0 Å². The van der Waals surface area contributed by atoms with Gasteiger partial charge in [-0.15, -0.1) is 0 Å². The predicted octanol–water partition coefficient (Wildman–Crippen LogP) is 22.0. The van der Waals surface area contributed by atoms with Crippen molar-refractivity contribution in [2.75, 3.05) is 9.80 Å². The monoisotopic (exact) mass is 1070 g/mol. The second-order valence-electron chi connectivity index (χ2n) is 21.3. The molecule has 0 saturated heterocycles. The van der Waals surface area contributed by atoms with Crippen molar-refractivity contribution < 1.29 is 0 Å². The third-order valence-corrected chi connectivity index (χ3v) is 16.3. The first-order valence-corrected chi connectivity index (χ1v) is 28.6. The van der Waals surface area contributed by atoms with Crippen molar-refractivity contribution in [1.82, 2.24) is 9.97 Å². The van der Waals surface area contributed by atoms with E-state index in [2.05, 4.69) is 337 Å². The SMILES string of the molecule is c1ccc(N(c2ccccc2)c2ccc(-c3cc(-c4ccc(-c5cccc6ccccc56)cc4)nc4c3ccc3c(-c5ccc(N(c6ccccc6)c6ccccc6)cc5)cc(-c5ccc(-c6cccc7ccccc67)cc5)nc34)cc2)cc1. The Morgan fingerprint density at radius 3 is 0.821 bits per heavy atom. The van der Waals surface area contributed by atoms with Gasteiger partial charge in [0.25, 0.3) is 0 Å². The summed E-state index contributed by atoms with van der Waals surface area (Å²) >= 11 is 0. The quantitative estimate of drug-likeness (QED) is 0.114. The molecule has 15 rings (SSSR count). The Morgan fingerprint density at radius 1 is 0.190 bits per heavy atom. The fraction of sp³-hybridized carbons (Fsp3) is 0. The largest absolute Gasteiger partial charge is 0.311 e. The summed E-state index contributed by atoms with van der Waals surface area (Å²) in [5.74, 6) is 0. The summed E-state index contributed by atoms with van der Waals surface area (Å²) in [5.41, 5.74) is 21.0. The maximum atomic E-state index is 5.72. The number of pyridine rings is 2. The predicted molar refractivity (Wildman–Crippen MR) is 354 cm³/mol. The number of para-hydroxylation sites is 4. The first kappa shape index (κ1) is 49.8. The molecule has 4 heteroatoms. The van der Waals surface area contributed by atoms with Gasteiger partial charge in [0.1, 0.15) is 0 Å². The Hall–Kier alpha value is -11.2. The molecule has 0 fully saturated rings. The molecule has 0 bridgehead atoms. The molecular weight excluding hydrogens is 1020 g/mol. The van der Waals surface area contributed by atoms with Gasteiger partial charge in [0, 0.05) is 56.0 Å². The Morgan fingerprint density at radius 2 is 0.464 bits per heavy atom. The lowest BCUT2D eigenvalue weighted by Gasteiger charge is -2.25. The van der Waals surface area contributed by atoms with Gasteiger partial charge in [-0.25, -0.2) is 9.97 Å². The van der Waals surface area contributed by atoms with Crippen LogP contribution in [-0.2, 0) is 0 Å². The van der Waals surface area contributed by atoms with Crippen LogP contribution in [0, 0.1) is 0 Å². The molecule has 0 amide bonds. The van der Waals surface area contributed by atoms with E-state index in [4.69, 9.17) is 9.97 Å². The van der Waals surface area contributed by atoms with Crippen LogP contribution in [-0.4, -0.2) is 9.97 Å². The Balaban J connectivity index is 0.925. The number of aromatic nitrogens is 2.